The van der Waals surface area contributed by atoms with Crippen LogP contribution in [0.15, 0.2) is 47.7 Å². The van der Waals surface area contributed by atoms with Crippen molar-refractivity contribution in [3.63, 3.8) is 0 Å². The van der Waals surface area contributed by atoms with Crippen LogP contribution in [-0.4, -0.2) is 11.8 Å². The highest BCUT2D eigenvalue weighted by Crippen LogP contribution is 2.34. The average molecular weight is 336 g/mol. The Hall–Kier alpha value is -2.04. The zero-order chi connectivity index (χ0) is 18.1. The standard InChI is InChI=1S/C19H23F3N2/c1-11(2)18(24-16-9-10-16)17(13(4)23)12(3)14-5-7-15(8-6-14)19(20,21)22/h5-8,12,16,23-24H,1,9-10H2,2-4H3/b18-17-,23-13?. The fraction of sp³-hybridized carbons (Fsp3) is 0.421. The van der Waals surface area contributed by atoms with Crippen LogP contribution in [0.1, 0.15) is 50.7 Å². The molecule has 0 heterocycles. The molecule has 1 aliphatic rings. The number of rotatable bonds is 6. The average Bonchev–Trinajstić information content (AvgIpc) is 3.29. The summed E-state index contributed by atoms with van der Waals surface area (Å²) in [5.74, 6) is -0.192. The molecular weight excluding hydrogens is 313 g/mol. The zero-order valence-electron chi connectivity index (χ0n) is 14.2. The first-order chi connectivity index (χ1) is 11.1. The minimum Gasteiger partial charge on any atom is -0.382 e. The molecule has 1 atom stereocenters. The fourth-order valence-corrected chi connectivity index (χ4v) is 2.72. The van der Waals surface area contributed by atoms with Gasteiger partial charge in [0.1, 0.15) is 0 Å². The van der Waals surface area contributed by atoms with E-state index in [0.717, 1.165) is 47.4 Å². The number of halogens is 3. The van der Waals surface area contributed by atoms with E-state index in [2.05, 4.69) is 11.9 Å². The highest BCUT2D eigenvalue weighted by Gasteiger charge is 2.31. The first kappa shape index (κ1) is 18.3. The Kier molecular flexibility index (Phi) is 5.21. The van der Waals surface area contributed by atoms with E-state index in [1.165, 1.54) is 12.1 Å². The second-order valence-corrected chi connectivity index (χ2v) is 6.45. The third-order valence-electron chi connectivity index (χ3n) is 4.20. The maximum Gasteiger partial charge on any atom is 0.416 e. The van der Waals surface area contributed by atoms with E-state index in [0.29, 0.717) is 11.8 Å². The third kappa shape index (κ3) is 4.28. The summed E-state index contributed by atoms with van der Waals surface area (Å²) in [6.07, 6.45) is -2.15. The molecule has 5 heteroatoms. The number of allylic oxidation sites excluding steroid dienone is 2. The van der Waals surface area contributed by atoms with Gasteiger partial charge in [-0.25, -0.2) is 0 Å². The molecule has 2 nitrogen and oxygen atoms in total. The van der Waals surface area contributed by atoms with Gasteiger partial charge in [0, 0.05) is 28.9 Å². The van der Waals surface area contributed by atoms with Crippen molar-refractivity contribution in [2.24, 2.45) is 0 Å². The lowest BCUT2D eigenvalue weighted by atomic mass is 9.87. The first-order valence-corrected chi connectivity index (χ1v) is 8.00. The van der Waals surface area contributed by atoms with Crippen LogP contribution in [-0.2, 0) is 6.18 Å². The van der Waals surface area contributed by atoms with Crippen LogP contribution in [0.5, 0.6) is 0 Å². The minimum absolute atomic E-state index is 0.192. The van der Waals surface area contributed by atoms with E-state index in [9.17, 15) is 13.2 Å². The predicted molar refractivity (Wildman–Crippen MR) is 91.3 cm³/mol. The molecule has 0 bridgehead atoms. The smallest absolute Gasteiger partial charge is 0.382 e. The van der Waals surface area contributed by atoms with Crippen LogP contribution in [0.4, 0.5) is 13.2 Å². The quantitative estimate of drug-likeness (QED) is 0.527. The Bertz CT molecular complexity index is 665. The fourth-order valence-electron chi connectivity index (χ4n) is 2.72. The van der Waals surface area contributed by atoms with Gasteiger partial charge in [-0.15, -0.1) is 0 Å². The van der Waals surface area contributed by atoms with Crippen LogP contribution in [0.2, 0.25) is 0 Å². The maximum atomic E-state index is 12.7. The van der Waals surface area contributed by atoms with Crippen LogP contribution >= 0.6 is 0 Å². The highest BCUT2D eigenvalue weighted by molar-refractivity contribution is 5.98. The lowest BCUT2D eigenvalue weighted by Gasteiger charge is -2.23. The van der Waals surface area contributed by atoms with E-state index in [4.69, 9.17) is 5.41 Å². The molecule has 1 fully saturated rings. The van der Waals surface area contributed by atoms with Gasteiger partial charge in [0.25, 0.3) is 0 Å². The normalized spacial score (nSPS) is 17.1. The molecule has 1 aromatic rings. The summed E-state index contributed by atoms with van der Waals surface area (Å²) in [5, 5.41) is 11.6. The number of benzene rings is 1. The molecule has 0 radical (unpaired) electrons. The molecule has 1 aromatic carbocycles. The summed E-state index contributed by atoms with van der Waals surface area (Å²) in [5.41, 5.74) is 2.95. The Labute approximate surface area is 141 Å². The van der Waals surface area contributed by atoms with Crippen molar-refractivity contribution >= 4 is 5.71 Å². The van der Waals surface area contributed by atoms with E-state index >= 15 is 0 Å². The van der Waals surface area contributed by atoms with Gasteiger partial charge in [-0.2, -0.15) is 13.2 Å². The number of nitrogens with one attached hydrogen (secondary N) is 2. The van der Waals surface area contributed by atoms with E-state index in [1.807, 2.05) is 13.8 Å². The second kappa shape index (κ2) is 6.83. The van der Waals surface area contributed by atoms with Gasteiger partial charge in [0.15, 0.2) is 0 Å². The molecular formula is C19H23F3N2. The highest BCUT2D eigenvalue weighted by atomic mass is 19.4. The molecule has 1 saturated carbocycles. The number of hydrogen-bond acceptors (Lipinski definition) is 2. The van der Waals surface area contributed by atoms with Crippen LogP contribution in [0, 0.1) is 5.41 Å². The molecule has 24 heavy (non-hydrogen) atoms. The first-order valence-electron chi connectivity index (χ1n) is 8.00. The maximum absolute atomic E-state index is 12.7. The topological polar surface area (TPSA) is 35.9 Å². The molecule has 0 aromatic heterocycles. The van der Waals surface area contributed by atoms with Crippen LogP contribution in [0.25, 0.3) is 0 Å². The van der Waals surface area contributed by atoms with Crippen molar-refractivity contribution in [3.8, 4) is 0 Å². The molecule has 130 valence electrons. The van der Waals surface area contributed by atoms with Gasteiger partial charge in [0.2, 0.25) is 0 Å². The van der Waals surface area contributed by atoms with E-state index in [-0.39, 0.29) is 5.92 Å². The van der Waals surface area contributed by atoms with Gasteiger partial charge in [-0.1, -0.05) is 25.6 Å². The zero-order valence-corrected chi connectivity index (χ0v) is 14.2. The van der Waals surface area contributed by atoms with Gasteiger partial charge < -0.3 is 10.7 Å². The summed E-state index contributed by atoms with van der Waals surface area (Å²) in [4.78, 5) is 0. The van der Waals surface area contributed by atoms with Gasteiger partial charge in [0.05, 0.1) is 5.56 Å². The molecule has 1 unspecified atom stereocenters. The molecule has 1 aliphatic carbocycles. The van der Waals surface area contributed by atoms with E-state index in [1.54, 1.807) is 6.92 Å². The molecule has 0 aliphatic heterocycles. The van der Waals surface area contributed by atoms with Gasteiger partial charge in [-0.05, 0) is 50.0 Å². The second-order valence-electron chi connectivity index (χ2n) is 6.45. The Morgan fingerprint density at radius 3 is 2.12 bits per heavy atom. The van der Waals surface area contributed by atoms with Crippen molar-refractivity contribution in [3.05, 3.63) is 58.8 Å². The van der Waals surface area contributed by atoms with Crippen molar-refractivity contribution in [2.45, 2.75) is 51.7 Å². The third-order valence-corrected chi connectivity index (χ3v) is 4.20. The number of hydrogen-bond donors (Lipinski definition) is 2. The van der Waals surface area contributed by atoms with Crippen LogP contribution < -0.4 is 5.32 Å². The lowest BCUT2D eigenvalue weighted by molar-refractivity contribution is -0.137. The minimum atomic E-state index is -4.34. The monoisotopic (exact) mass is 336 g/mol. The molecule has 2 N–H and O–H groups in total. The van der Waals surface area contributed by atoms with Crippen molar-refractivity contribution in [1.29, 1.82) is 5.41 Å². The SMILES string of the molecule is C=C(C)/C(NC1CC1)=C(/C(C)=N)C(C)c1ccc(C(F)(F)F)cc1. The van der Waals surface area contributed by atoms with Crippen molar-refractivity contribution in [2.75, 3.05) is 0 Å². The van der Waals surface area contributed by atoms with Crippen LogP contribution in [0.3, 0.4) is 0 Å². The molecule has 0 spiro atoms. The summed E-state index contributed by atoms with van der Waals surface area (Å²) in [6.45, 7) is 9.49. The van der Waals surface area contributed by atoms with E-state index < -0.39 is 11.7 Å². The Morgan fingerprint density at radius 1 is 1.21 bits per heavy atom. The molecule has 0 amide bonds. The largest absolute Gasteiger partial charge is 0.416 e. The summed E-state index contributed by atoms with van der Waals surface area (Å²) < 4.78 is 38.2. The Balaban J connectivity index is 2.39. The lowest BCUT2D eigenvalue weighted by Crippen LogP contribution is -2.22. The summed E-state index contributed by atoms with van der Waals surface area (Å²) >= 11 is 0. The molecule has 2 rings (SSSR count). The van der Waals surface area contributed by atoms with Crippen molar-refractivity contribution in [1.82, 2.24) is 5.32 Å². The summed E-state index contributed by atoms with van der Waals surface area (Å²) in [7, 11) is 0. The summed E-state index contributed by atoms with van der Waals surface area (Å²) in [6, 6.07) is 5.58. The predicted octanol–water partition coefficient (Wildman–Crippen LogP) is 5.43. The van der Waals surface area contributed by atoms with Crippen molar-refractivity contribution < 1.29 is 13.2 Å². The number of alkyl halides is 3. The van der Waals surface area contributed by atoms with Gasteiger partial charge >= 0.3 is 6.18 Å². The Morgan fingerprint density at radius 2 is 1.75 bits per heavy atom. The molecule has 0 saturated heterocycles. The van der Waals surface area contributed by atoms with Gasteiger partial charge in [-0.3, -0.25) is 0 Å².